The molecule has 1 heterocycles. The highest BCUT2D eigenvalue weighted by atomic mass is 79.9. The van der Waals surface area contributed by atoms with Crippen LogP contribution in [0, 0.1) is 0 Å². The molecule has 0 aliphatic carbocycles. The Morgan fingerprint density at radius 2 is 2.29 bits per heavy atom. The molecule has 0 unspecified atom stereocenters. The molecule has 2 N–H and O–H groups in total. The van der Waals surface area contributed by atoms with Crippen LogP contribution in [0.15, 0.2) is 14.7 Å². The van der Waals surface area contributed by atoms with Gasteiger partial charge in [-0.1, -0.05) is 0 Å². The highest BCUT2D eigenvalue weighted by molar-refractivity contribution is 9.11. The van der Waals surface area contributed by atoms with Gasteiger partial charge in [-0.3, -0.25) is 0 Å². The maximum absolute atomic E-state index is 11.9. The summed E-state index contributed by atoms with van der Waals surface area (Å²) in [6.45, 7) is 0.283. The second-order valence-electron chi connectivity index (χ2n) is 3.25. The van der Waals surface area contributed by atoms with Crippen LogP contribution in [-0.4, -0.2) is 32.1 Å². The smallest absolute Gasteiger partial charge is 0.242 e. The van der Waals surface area contributed by atoms with E-state index in [1.807, 2.05) is 6.26 Å². The molecule has 17 heavy (non-hydrogen) atoms. The lowest BCUT2D eigenvalue weighted by Crippen LogP contribution is -2.25. The van der Waals surface area contributed by atoms with E-state index in [1.165, 1.54) is 17.4 Å². The van der Waals surface area contributed by atoms with Crippen molar-refractivity contribution in [3.05, 3.63) is 14.7 Å². The first-order valence-corrected chi connectivity index (χ1v) is 9.37. The average molecular weight is 360 g/mol. The van der Waals surface area contributed by atoms with E-state index in [9.17, 15) is 8.42 Å². The number of hydrogen-bond donors (Lipinski definition) is 2. The van der Waals surface area contributed by atoms with E-state index < -0.39 is 10.0 Å². The molecule has 0 amide bonds. The third-order valence-corrected chi connectivity index (χ3v) is 6.36. The van der Waals surface area contributed by atoms with Gasteiger partial charge in [-0.05, 0) is 40.4 Å². The Balaban J connectivity index is 2.72. The number of sulfonamides is 1. The second kappa shape index (κ2) is 7.10. The van der Waals surface area contributed by atoms with Crippen molar-refractivity contribution in [2.75, 3.05) is 18.6 Å². The van der Waals surface area contributed by atoms with Crippen molar-refractivity contribution in [2.45, 2.75) is 17.9 Å². The Morgan fingerprint density at radius 3 is 2.82 bits per heavy atom. The third kappa shape index (κ3) is 4.53. The minimum atomic E-state index is -3.47. The maximum atomic E-state index is 11.9. The molecule has 0 fully saturated rings. The van der Waals surface area contributed by atoms with Crippen LogP contribution in [0.3, 0.4) is 0 Å². The van der Waals surface area contributed by atoms with Crippen LogP contribution in [0.2, 0.25) is 0 Å². The number of hydrogen-bond acceptors (Lipinski definition) is 5. The molecule has 98 valence electrons. The molecule has 4 nitrogen and oxygen atoms in total. The monoisotopic (exact) mass is 359 g/mol. The number of thiophene rings is 1. The van der Waals surface area contributed by atoms with E-state index in [0.717, 1.165) is 12.2 Å². The van der Waals surface area contributed by atoms with Gasteiger partial charge in [0.15, 0.2) is 0 Å². The van der Waals surface area contributed by atoms with E-state index >= 15 is 0 Å². The van der Waals surface area contributed by atoms with Gasteiger partial charge in [0.2, 0.25) is 10.0 Å². The van der Waals surface area contributed by atoms with Gasteiger partial charge in [0.25, 0.3) is 0 Å². The number of aliphatic hydroxyl groups is 1. The zero-order valence-electron chi connectivity index (χ0n) is 9.27. The Bertz CT molecular complexity index is 458. The number of rotatable bonds is 7. The van der Waals surface area contributed by atoms with E-state index in [2.05, 4.69) is 20.7 Å². The normalized spacial score (nSPS) is 11.9. The summed E-state index contributed by atoms with van der Waals surface area (Å²) in [5, 5.41) is 8.96. The average Bonchev–Trinajstić information content (AvgIpc) is 2.67. The largest absolute Gasteiger partial charge is 0.391 e. The molecule has 0 radical (unpaired) electrons. The minimum absolute atomic E-state index is 0.148. The molecule has 0 saturated carbocycles. The number of thioether (sulfide) groups is 1. The minimum Gasteiger partial charge on any atom is -0.391 e. The topological polar surface area (TPSA) is 66.4 Å². The highest BCUT2D eigenvalue weighted by Crippen LogP contribution is 2.31. The first kappa shape index (κ1) is 15.5. The quantitative estimate of drug-likeness (QED) is 0.731. The fourth-order valence-electron chi connectivity index (χ4n) is 1.16. The van der Waals surface area contributed by atoms with Crippen molar-refractivity contribution in [2.24, 2.45) is 0 Å². The number of aliphatic hydroxyl groups excluding tert-OH is 1. The standard InChI is InChI=1S/C9H14BrNO3S3/c1-15-4-2-3-11-17(13,14)8-5-7(6-12)16-9(8)10/h5,11-12H,2-4,6H2,1H3. The van der Waals surface area contributed by atoms with Crippen LogP contribution in [0.5, 0.6) is 0 Å². The molecule has 8 heteroatoms. The maximum Gasteiger partial charge on any atom is 0.242 e. The lowest BCUT2D eigenvalue weighted by atomic mass is 10.5. The van der Waals surface area contributed by atoms with E-state index in [4.69, 9.17) is 5.11 Å². The van der Waals surface area contributed by atoms with E-state index in [1.54, 1.807) is 11.8 Å². The Kier molecular flexibility index (Phi) is 6.46. The molecule has 0 aromatic carbocycles. The van der Waals surface area contributed by atoms with Crippen molar-refractivity contribution in [3.63, 3.8) is 0 Å². The molecule has 0 aliphatic rings. The summed E-state index contributed by atoms with van der Waals surface area (Å²) in [5.41, 5.74) is 0. The molecule has 1 aromatic rings. The summed E-state index contributed by atoms with van der Waals surface area (Å²) in [7, 11) is -3.47. The Hall–Kier alpha value is 0.400. The lowest BCUT2D eigenvalue weighted by molar-refractivity contribution is 0.285. The molecule has 0 atom stereocenters. The SMILES string of the molecule is CSCCCNS(=O)(=O)c1cc(CO)sc1Br. The zero-order chi connectivity index (χ0) is 12.9. The van der Waals surface area contributed by atoms with Crippen molar-refractivity contribution in [1.29, 1.82) is 0 Å². The summed E-state index contributed by atoms with van der Waals surface area (Å²) >= 11 is 6.11. The first-order chi connectivity index (χ1) is 8.01. The predicted molar refractivity (Wildman–Crippen MR) is 76.1 cm³/mol. The summed E-state index contributed by atoms with van der Waals surface area (Å²) in [6.07, 6.45) is 2.78. The molecule has 0 spiro atoms. The molecular formula is C9H14BrNO3S3. The highest BCUT2D eigenvalue weighted by Gasteiger charge is 2.20. The van der Waals surface area contributed by atoms with E-state index in [0.29, 0.717) is 15.2 Å². The van der Waals surface area contributed by atoms with Gasteiger partial charge >= 0.3 is 0 Å². The summed E-state index contributed by atoms with van der Waals surface area (Å²) in [4.78, 5) is 0.831. The van der Waals surface area contributed by atoms with Crippen molar-refractivity contribution >= 4 is 49.1 Å². The fourth-order valence-corrected chi connectivity index (χ4v) is 5.21. The zero-order valence-corrected chi connectivity index (χ0v) is 13.3. The molecule has 0 saturated heterocycles. The molecule has 1 aromatic heterocycles. The summed E-state index contributed by atoms with van der Waals surface area (Å²) in [5.74, 6) is 0.926. The number of nitrogens with one attached hydrogen (secondary N) is 1. The summed E-state index contributed by atoms with van der Waals surface area (Å²) in [6, 6.07) is 1.49. The van der Waals surface area contributed by atoms with Crippen molar-refractivity contribution < 1.29 is 13.5 Å². The van der Waals surface area contributed by atoms with Gasteiger partial charge in [-0.15, -0.1) is 11.3 Å². The van der Waals surface area contributed by atoms with Gasteiger partial charge in [0.1, 0.15) is 4.90 Å². The van der Waals surface area contributed by atoms with Crippen LogP contribution < -0.4 is 4.72 Å². The van der Waals surface area contributed by atoms with Crippen molar-refractivity contribution in [1.82, 2.24) is 4.72 Å². The van der Waals surface area contributed by atoms with Crippen LogP contribution >= 0.6 is 39.0 Å². The van der Waals surface area contributed by atoms with Gasteiger partial charge < -0.3 is 5.11 Å². The van der Waals surface area contributed by atoms with Crippen LogP contribution in [0.25, 0.3) is 0 Å². The van der Waals surface area contributed by atoms with E-state index in [-0.39, 0.29) is 11.5 Å². The summed E-state index contributed by atoms with van der Waals surface area (Å²) < 4.78 is 26.9. The third-order valence-electron chi connectivity index (χ3n) is 1.97. The van der Waals surface area contributed by atoms with Gasteiger partial charge in [0, 0.05) is 11.4 Å². The van der Waals surface area contributed by atoms with Gasteiger partial charge in [-0.25, -0.2) is 13.1 Å². The van der Waals surface area contributed by atoms with Gasteiger partial charge in [0.05, 0.1) is 10.4 Å². The molecular weight excluding hydrogens is 346 g/mol. The second-order valence-corrected chi connectivity index (χ2v) is 8.43. The van der Waals surface area contributed by atoms with Crippen molar-refractivity contribution in [3.8, 4) is 0 Å². The molecule has 0 bridgehead atoms. The van der Waals surface area contributed by atoms with Crippen LogP contribution in [-0.2, 0) is 16.6 Å². The predicted octanol–water partition coefficient (Wildman–Crippen LogP) is 2.03. The Labute approximate surface area is 118 Å². The Morgan fingerprint density at radius 1 is 1.59 bits per heavy atom. The molecule has 1 rings (SSSR count). The number of halogens is 1. The molecule has 0 aliphatic heterocycles. The fraction of sp³-hybridized carbons (Fsp3) is 0.556. The van der Waals surface area contributed by atoms with Gasteiger partial charge in [-0.2, -0.15) is 11.8 Å². The van der Waals surface area contributed by atoms with Crippen LogP contribution in [0.1, 0.15) is 11.3 Å². The van der Waals surface area contributed by atoms with Crippen LogP contribution in [0.4, 0.5) is 0 Å². The lowest BCUT2D eigenvalue weighted by Gasteiger charge is -2.04. The first-order valence-electron chi connectivity index (χ1n) is 4.89.